The van der Waals surface area contributed by atoms with Gasteiger partial charge in [-0.05, 0) is 60.3 Å². The Morgan fingerprint density at radius 2 is 1.84 bits per heavy atom. The van der Waals surface area contributed by atoms with Gasteiger partial charge in [-0.2, -0.15) is 0 Å². The summed E-state index contributed by atoms with van der Waals surface area (Å²) in [6, 6.07) is 12.1. The predicted octanol–water partition coefficient (Wildman–Crippen LogP) is 6.73. The fraction of sp³-hybridized carbons (Fsp3) is 0.481. The third-order valence-electron chi connectivity index (χ3n) is 7.02. The molecule has 2 aromatic rings. The zero-order valence-corrected chi connectivity index (χ0v) is 19.9. The highest BCUT2D eigenvalue weighted by Gasteiger charge is 2.32. The van der Waals surface area contributed by atoms with Gasteiger partial charge in [0.1, 0.15) is 4.88 Å². The fourth-order valence-corrected chi connectivity index (χ4v) is 6.21. The molecule has 0 spiro atoms. The maximum absolute atomic E-state index is 12.7. The number of aromatic carboxylic acids is 1. The fourth-order valence-electron chi connectivity index (χ4n) is 5.18. The molecule has 5 heteroatoms. The number of hydrogen-bond donors (Lipinski definition) is 1. The van der Waals surface area contributed by atoms with Crippen LogP contribution < -0.4 is 0 Å². The maximum atomic E-state index is 12.7. The molecule has 4 nitrogen and oxygen atoms in total. The highest BCUT2D eigenvalue weighted by Crippen LogP contribution is 2.43. The minimum Gasteiger partial charge on any atom is -0.477 e. The molecule has 2 aliphatic rings. The third kappa shape index (κ3) is 4.83. The van der Waals surface area contributed by atoms with Gasteiger partial charge in [-0.15, -0.1) is 11.3 Å². The second kappa shape index (κ2) is 10.0. The summed E-state index contributed by atoms with van der Waals surface area (Å²) in [5, 5.41) is 10.0. The molecule has 1 aromatic heterocycles. The number of hydrogen-bond acceptors (Lipinski definition) is 3. The number of carboxylic acids is 1. The SMILES string of the molecule is CCCC(=O)N1CCC(c2cc(-c3ccccc3)sc2C(=O)O)=C(C2CCC(C)CC2)C1. The largest absolute Gasteiger partial charge is 0.477 e. The number of rotatable bonds is 6. The van der Waals surface area contributed by atoms with Gasteiger partial charge in [0, 0.05) is 30.0 Å². The second-order valence-electron chi connectivity index (χ2n) is 9.30. The van der Waals surface area contributed by atoms with Crippen molar-refractivity contribution < 1.29 is 14.7 Å². The van der Waals surface area contributed by atoms with E-state index in [1.165, 1.54) is 35.3 Å². The van der Waals surface area contributed by atoms with Crippen molar-refractivity contribution in [3.8, 4) is 10.4 Å². The van der Waals surface area contributed by atoms with Crippen molar-refractivity contribution in [2.45, 2.75) is 58.8 Å². The third-order valence-corrected chi connectivity index (χ3v) is 8.19. The lowest BCUT2D eigenvalue weighted by molar-refractivity contribution is -0.131. The van der Waals surface area contributed by atoms with Crippen LogP contribution in [0.25, 0.3) is 16.0 Å². The summed E-state index contributed by atoms with van der Waals surface area (Å²) in [5.74, 6) is 0.556. The van der Waals surface area contributed by atoms with Gasteiger partial charge >= 0.3 is 5.97 Å². The minimum atomic E-state index is -0.860. The number of carboxylic acid groups (broad SMARTS) is 1. The topological polar surface area (TPSA) is 57.6 Å². The van der Waals surface area contributed by atoms with Crippen molar-refractivity contribution in [1.29, 1.82) is 0 Å². The molecule has 0 unspecified atom stereocenters. The Hall–Kier alpha value is -2.40. The van der Waals surface area contributed by atoms with E-state index in [9.17, 15) is 14.7 Å². The van der Waals surface area contributed by atoms with Crippen LogP contribution in [0.5, 0.6) is 0 Å². The molecule has 1 N–H and O–H groups in total. The van der Waals surface area contributed by atoms with Crippen molar-refractivity contribution in [3.05, 3.63) is 52.4 Å². The molecule has 2 heterocycles. The number of carbonyl (C=O) groups excluding carboxylic acids is 1. The summed E-state index contributed by atoms with van der Waals surface area (Å²) in [5.41, 5.74) is 4.42. The van der Waals surface area contributed by atoms with E-state index in [4.69, 9.17) is 0 Å². The van der Waals surface area contributed by atoms with E-state index in [0.717, 1.165) is 47.6 Å². The Bertz CT molecular complexity index is 999. The zero-order chi connectivity index (χ0) is 22.7. The van der Waals surface area contributed by atoms with E-state index in [1.807, 2.05) is 42.2 Å². The van der Waals surface area contributed by atoms with Crippen molar-refractivity contribution >= 4 is 28.8 Å². The van der Waals surface area contributed by atoms with Gasteiger partial charge in [0.15, 0.2) is 0 Å². The molecule has 1 saturated carbocycles. The number of thiophene rings is 1. The van der Waals surface area contributed by atoms with Crippen LogP contribution in [-0.2, 0) is 4.79 Å². The Morgan fingerprint density at radius 1 is 1.12 bits per heavy atom. The minimum absolute atomic E-state index is 0.224. The molecule has 0 radical (unpaired) electrons. The number of carbonyl (C=O) groups is 2. The molecule has 4 rings (SSSR count). The zero-order valence-electron chi connectivity index (χ0n) is 19.1. The number of amides is 1. The molecule has 0 atom stereocenters. The molecule has 0 bridgehead atoms. The van der Waals surface area contributed by atoms with Crippen LogP contribution in [0.2, 0.25) is 0 Å². The Labute approximate surface area is 195 Å². The number of nitrogens with zero attached hydrogens (tertiary/aromatic N) is 1. The van der Waals surface area contributed by atoms with Gasteiger partial charge in [-0.3, -0.25) is 4.79 Å². The van der Waals surface area contributed by atoms with Crippen LogP contribution in [0.4, 0.5) is 0 Å². The average molecular weight is 452 g/mol. The molecule has 32 heavy (non-hydrogen) atoms. The summed E-state index contributed by atoms with van der Waals surface area (Å²) >= 11 is 1.36. The quantitative estimate of drug-likeness (QED) is 0.530. The molecule has 1 amide bonds. The van der Waals surface area contributed by atoms with Crippen molar-refractivity contribution in [3.63, 3.8) is 0 Å². The first-order valence-corrected chi connectivity index (χ1v) is 12.7. The molecular weight excluding hydrogens is 418 g/mol. The summed E-state index contributed by atoms with van der Waals surface area (Å²) in [4.78, 5) is 28.3. The molecule has 1 fully saturated rings. The summed E-state index contributed by atoms with van der Waals surface area (Å²) in [6.45, 7) is 5.69. The van der Waals surface area contributed by atoms with E-state index in [0.29, 0.717) is 30.3 Å². The first-order chi connectivity index (χ1) is 15.5. The summed E-state index contributed by atoms with van der Waals surface area (Å²) in [7, 11) is 0. The van der Waals surface area contributed by atoms with Gasteiger partial charge in [0.2, 0.25) is 5.91 Å². The molecular formula is C27H33NO3S. The van der Waals surface area contributed by atoms with Crippen molar-refractivity contribution in [2.75, 3.05) is 13.1 Å². The van der Waals surface area contributed by atoms with E-state index >= 15 is 0 Å². The molecule has 1 aliphatic carbocycles. The lowest BCUT2D eigenvalue weighted by atomic mass is 9.75. The van der Waals surface area contributed by atoms with Crippen LogP contribution in [0.15, 0.2) is 42.0 Å². The second-order valence-corrected chi connectivity index (χ2v) is 10.4. The van der Waals surface area contributed by atoms with E-state index in [-0.39, 0.29) is 5.91 Å². The molecule has 170 valence electrons. The van der Waals surface area contributed by atoms with Crippen LogP contribution >= 0.6 is 11.3 Å². The maximum Gasteiger partial charge on any atom is 0.346 e. The van der Waals surface area contributed by atoms with Crippen LogP contribution in [0.1, 0.15) is 74.0 Å². The van der Waals surface area contributed by atoms with E-state index in [1.54, 1.807) is 0 Å². The van der Waals surface area contributed by atoms with Gasteiger partial charge in [-0.25, -0.2) is 4.79 Å². The smallest absolute Gasteiger partial charge is 0.346 e. The molecule has 1 aliphatic heterocycles. The standard InChI is InChI=1S/C27H33NO3S/c1-3-7-25(29)28-15-14-21(23(17-28)19-12-10-18(2)11-13-19)22-16-24(32-26(22)27(30)31)20-8-5-4-6-9-20/h4-6,8-9,16,18-19H,3,7,10-15,17H2,1-2H3,(H,30,31). The van der Waals surface area contributed by atoms with Crippen molar-refractivity contribution in [1.82, 2.24) is 4.90 Å². The average Bonchev–Trinajstić information content (AvgIpc) is 3.26. The van der Waals surface area contributed by atoms with Crippen LogP contribution in [0, 0.1) is 11.8 Å². The molecule has 0 saturated heterocycles. The summed E-state index contributed by atoms with van der Waals surface area (Å²) < 4.78 is 0. The van der Waals surface area contributed by atoms with Gasteiger partial charge in [0.05, 0.1) is 0 Å². The van der Waals surface area contributed by atoms with E-state index < -0.39 is 5.97 Å². The normalized spacial score (nSPS) is 21.6. The number of benzene rings is 1. The van der Waals surface area contributed by atoms with Crippen LogP contribution in [-0.4, -0.2) is 35.0 Å². The first-order valence-electron chi connectivity index (χ1n) is 11.9. The Balaban J connectivity index is 1.77. The lowest BCUT2D eigenvalue weighted by Gasteiger charge is -2.37. The highest BCUT2D eigenvalue weighted by molar-refractivity contribution is 7.17. The summed E-state index contributed by atoms with van der Waals surface area (Å²) in [6.07, 6.45) is 6.85. The monoisotopic (exact) mass is 451 g/mol. The van der Waals surface area contributed by atoms with E-state index in [2.05, 4.69) is 13.0 Å². The van der Waals surface area contributed by atoms with Gasteiger partial charge < -0.3 is 10.0 Å². The highest BCUT2D eigenvalue weighted by atomic mass is 32.1. The van der Waals surface area contributed by atoms with Gasteiger partial charge in [0.25, 0.3) is 0 Å². The van der Waals surface area contributed by atoms with Gasteiger partial charge in [-0.1, -0.05) is 57.0 Å². The predicted molar refractivity (Wildman–Crippen MR) is 131 cm³/mol. The van der Waals surface area contributed by atoms with Crippen molar-refractivity contribution in [2.24, 2.45) is 11.8 Å². The lowest BCUT2D eigenvalue weighted by Crippen LogP contribution is -2.38. The molecule has 1 aromatic carbocycles. The van der Waals surface area contributed by atoms with Crippen LogP contribution in [0.3, 0.4) is 0 Å². The Morgan fingerprint density at radius 3 is 2.50 bits per heavy atom. The first kappa shape index (κ1) is 22.8. The Kier molecular flexibility index (Phi) is 7.14.